The van der Waals surface area contributed by atoms with Crippen molar-refractivity contribution >= 4 is 37.7 Å². The Bertz CT molecular complexity index is 649. The zero-order valence-corrected chi connectivity index (χ0v) is 9.40. The van der Waals surface area contributed by atoms with Gasteiger partial charge in [-0.15, -0.1) is 0 Å². The first kappa shape index (κ1) is 8.80. The summed E-state index contributed by atoms with van der Waals surface area (Å²) in [6, 6.07) is 10.1. The van der Waals surface area contributed by atoms with E-state index in [1.165, 1.54) is 0 Å². The lowest BCUT2D eigenvalue weighted by Gasteiger charge is -2.01. The van der Waals surface area contributed by atoms with Crippen molar-refractivity contribution in [1.82, 2.24) is 9.97 Å². The highest BCUT2D eigenvalue weighted by molar-refractivity contribution is 9.10. The number of fused-ring (bicyclic) bond motifs is 3. The van der Waals surface area contributed by atoms with Gasteiger partial charge >= 0.3 is 0 Å². The topological polar surface area (TPSA) is 25.8 Å². The third kappa shape index (κ3) is 1.39. The summed E-state index contributed by atoms with van der Waals surface area (Å²) in [4.78, 5) is 8.72. The summed E-state index contributed by atoms with van der Waals surface area (Å²) in [5.41, 5.74) is 1.99. The molecule has 0 saturated carbocycles. The fourth-order valence-electron chi connectivity index (χ4n) is 1.73. The van der Waals surface area contributed by atoms with Gasteiger partial charge in [-0.3, -0.25) is 9.97 Å². The fraction of sp³-hybridized carbons (Fsp3) is 0. The third-order valence-corrected chi connectivity index (χ3v) is 2.83. The maximum atomic E-state index is 4.42. The lowest BCUT2D eigenvalue weighted by atomic mass is 10.1. The molecule has 72 valence electrons. The van der Waals surface area contributed by atoms with E-state index in [9.17, 15) is 0 Å². The van der Waals surface area contributed by atoms with Crippen molar-refractivity contribution in [2.75, 3.05) is 0 Å². The molecule has 0 fully saturated rings. The summed E-state index contributed by atoms with van der Waals surface area (Å²) in [6.45, 7) is 0. The van der Waals surface area contributed by atoms with Crippen LogP contribution in [-0.2, 0) is 0 Å². The molecule has 0 bridgehead atoms. The maximum Gasteiger partial charge on any atom is 0.0796 e. The summed E-state index contributed by atoms with van der Waals surface area (Å²) in [6.07, 6.45) is 3.61. The Labute approximate surface area is 95.1 Å². The van der Waals surface area contributed by atoms with Crippen molar-refractivity contribution in [2.45, 2.75) is 0 Å². The standard InChI is InChI=1S/C12H7BrN2/c13-9-6-8-3-4-11-10(2-1-5-14-11)12(8)15-7-9/h1-7H. The molecule has 0 radical (unpaired) electrons. The number of rotatable bonds is 0. The molecular weight excluding hydrogens is 252 g/mol. The molecule has 3 rings (SSSR count). The van der Waals surface area contributed by atoms with Gasteiger partial charge in [0.2, 0.25) is 0 Å². The van der Waals surface area contributed by atoms with Crippen molar-refractivity contribution in [1.29, 1.82) is 0 Å². The predicted molar refractivity (Wildman–Crippen MR) is 64.7 cm³/mol. The number of halogens is 1. The Balaban J connectivity index is 2.55. The number of benzene rings is 1. The second kappa shape index (κ2) is 3.28. The minimum absolute atomic E-state index is 0.986. The lowest BCUT2D eigenvalue weighted by molar-refractivity contribution is 1.38. The van der Waals surface area contributed by atoms with Crippen molar-refractivity contribution in [3.63, 3.8) is 0 Å². The zero-order valence-electron chi connectivity index (χ0n) is 7.81. The van der Waals surface area contributed by atoms with E-state index in [2.05, 4.69) is 32.0 Å². The molecule has 3 heteroatoms. The molecule has 0 atom stereocenters. The fourth-order valence-corrected chi connectivity index (χ4v) is 2.08. The van der Waals surface area contributed by atoms with Crippen LogP contribution in [0.4, 0.5) is 0 Å². The highest BCUT2D eigenvalue weighted by atomic mass is 79.9. The molecule has 0 aliphatic rings. The molecule has 1 aromatic carbocycles. The highest BCUT2D eigenvalue weighted by Gasteiger charge is 2.01. The van der Waals surface area contributed by atoms with Crippen LogP contribution in [0.25, 0.3) is 21.8 Å². The summed E-state index contributed by atoms with van der Waals surface area (Å²) in [5.74, 6) is 0. The first-order valence-corrected chi connectivity index (χ1v) is 5.43. The molecule has 0 unspecified atom stereocenters. The van der Waals surface area contributed by atoms with Crippen LogP contribution in [0, 0.1) is 0 Å². The molecule has 2 nitrogen and oxygen atoms in total. The molecule has 2 heterocycles. The van der Waals surface area contributed by atoms with Gasteiger partial charge < -0.3 is 0 Å². The largest absolute Gasteiger partial charge is 0.256 e. The SMILES string of the molecule is Brc1cnc2c(ccc3ncccc32)c1. The quantitative estimate of drug-likeness (QED) is 0.577. The summed E-state index contributed by atoms with van der Waals surface area (Å²) < 4.78 is 0.998. The molecule has 0 aliphatic carbocycles. The molecule has 0 N–H and O–H groups in total. The normalized spacial score (nSPS) is 11.0. The van der Waals surface area contributed by atoms with E-state index in [4.69, 9.17) is 0 Å². The third-order valence-electron chi connectivity index (χ3n) is 2.40. The number of hydrogen-bond acceptors (Lipinski definition) is 2. The van der Waals surface area contributed by atoms with E-state index < -0.39 is 0 Å². The van der Waals surface area contributed by atoms with E-state index in [-0.39, 0.29) is 0 Å². The minimum atomic E-state index is 0.986. The molecule has 0 spiro atoms. The monoisotopic (exact) mass is 258 g/mol. The molecule has 0 amide bonds. The van der Waals surface area contributed by atoms with Crippen molar-refractivity contribution in [3.05, 3.63) is 47.2 Å². The van der Waals surface area contributed by atoms with Crippen LogP contribution in [0.5, 0.6) is 0 Å². The van der Waals surface area contributed by atoms with Gasteiger partial charge in [0.15, 0.2) is 0 Å². The number of nitrogens with zero attached hydrogens (tertiary/aromatic N) is 2. The van der Waals surface area contributed by atoms with Crippen LogP contribution in [0.3, 0.4) is 0 Å². The first-order chi connectivity index (χ1) is 7.34. The molecule has 15 heavy (non-hydrogen) atoms. The van der Waals surface area contributed by atoms with Crippen LogP contribution in [0.1, 0.15) is 0 Å². The van der Waals surface area contributed by atoms with E-state index in [1.807, 2.05) is 30.5 Å². The maximum absolute atomic E-state index is 4.42. The van der Waals surface area contributed by atoms with Gasteiger partial charge in [-0.2, -0.15) is 0 Å². The average Bonchev–Trinajstić information content (AvgIpc) is 2.28. The van der Waals surface area contributed by atoms with Gasteiger partial charge in [0.05, 0.1) is 11.0 Å². The Morgan fingerprint density at radius 3 is 2.93 bits per heavy atom. The minimum Gasteiger partial charge on any atom is -0.256 e. The predicted octanol–water partition coefficient (Wildman–Crippen LogP) is 3.55. The molecular formula is C12H7BrN2. The van der Waals surface area contributed by atoms with Crippen LogP contribution < -0.4 is 0 Å². The molecule has 2 aromatic heterocycles. The van der Waals surface area contributed by atoms with Crippen LogP contribution in [-0.4, -0.2) is 9.97 Å². The van der Waals surface area contributed by atoms with Crippen LogP contribution >= 0.6 is 15.9 Å². The summed E-state index contributed by atoms with van der Waals surface area (Å²) in [5, 5.41) is 2.23. The Morgan fingerprint density at radius 2 is 2.00 bits per heavy atom. The smallest absolute Gasteiger partial charge is 0.0796 e. The van der Waals surface area contributed by atoms with Gasteiger partial charge in [-0.1, -0.05) is 6.07 Å². The zero-order chi connectivity index (χ0) is 10.3. The van der Waals surface area contributed by atoms with E-state index >= 15 is 0 Å². The van der Waals surface area contributed by atoms with E-state index in [0.717, 1.165) is 26.3 Å². The Kier molecular flexibility index (Phi) is 1.92. The Hall–Kier alpha value is -1.48. The lowest BCUT2D eigenvalue weighted by Crippen LogP contribution is -1.83. The second-order valence-electron chi connectivity index (χ2n) is 3.36. The summed E-state index contributed by atoms with van der Waals surface area (Å²) >= 11 is 3.42. The van der Waals surface area contributed by atoms with E-state index in [0.29, 0.717) is 0 Å². The highest BCUT2D eigenvalue weighted by Crippen LogP contribution is 2.24. The first-order valence-electron chi connectivity index (χ1n) is 4.63. The summed E-state index contributed by atoms with van der Waals surface area (Å²) in [7, 11) is 0. The Morgan fingerprint density at radius 1 is 1.07 bits per heavy atom. The van der Waals surface area contributed by atoms with Crippen LogP contribution in [0.15, 0.2) is 47.2 Å². The van der Waals surface area contributed by atoms with Crippen molar-refractivity contribution < 1.29 is 0 Å². The average molecular weight is 259 g/mol. The van der Waals surface area contributed by atoms with Gasteiger partial charge in [0, 0.05) is 27.6 Å². The molecule has 0 saturated heterocycles. The molecule has 0 aliphatic heterocycles. The van der Waals surface area contributed by atoms with Gasteiger partial charge in [0.1, 0.15) is 0 Å². The van der Waals surface area contributed by atoms with Gasteiger partial charge in [-0.25, -0.2) is 0 Å². The van der Waals surface area contributed by atoms with Crippen molar-refractivity contribution in [2.24, 2.45) is 0 Å². The van der Waals surface area contributed by atoms with Crippen molar-refractivity contribution in [3.8, 4) is 0 Å². The number of pyridine rings is 2. The van der Waals surface area contributed by atoms with Gasteiger partial charge in [-0.05, 0) is 40.2 Å². The molecule has 3 aromatic rings. The van der Waals surface area contributed by atoms with Crippen LogP contribution in [0.2, 0.25) is 0 Å². The number of hydrogen-bond donors (Lipinski definition) is 0. The van der Waals surface area contributed by atoms with Gasteiger partial charge in [0.25, 0.3) is 0 Å². The van der Waals surface area contributed by atoms with E-state index in [1.54, 1.807) is 6.20 Å². The number of aromatic nitrogens is 2. The second-order valence-corrected chi connectivity index (χ2v) is 4.28.